The van der Waals surface area contributed by atoms with Crippen LogP contribution in [0, 0.1) is 13.8 Å². The summed E-state index contributed by atoms with van der Waals surface area (Å²) in [5.41, 5.74) is 8.91. The van der Waals surface area contributed by atoms with Crippen molar-refractivity contribution >= 4 is 20.8 Å². The Morgan fingerprint density at radius 3 is 1.78 bits per heavy atom. The van der Waals surface area contributed by atoms with Crippen molar-refractivity contribution < 1.29 is 8.42 Å². The van der Waals surface area contributed by atoms with Crippen molar-refractivity contribution in [3.05, 3.63) is 125 Å². The fourth-order valence-corrected chi connectivity index (χ4v) is 6.72. The lowest BCUT2D eigenvalue weighted by Crippen LogP contribution is -2.25. The van der Waals surface area contributed by atoms with Gasteiger partial charge in [0, 0.05) is 13.1 Å². The average Bonchev–Trinajstić information content (AvgIpc) is 3.36. The van der Waals surface area contributed by atoms with Gasteiger partial charge in [0.1, 0.15) is 0 Å². The zero-order valence-corrected chi connectivity index (χ0v) is 21.2. The number of benzene rings is 5. The summed E-state index contributed by atoms with van der Waals surface area (Å²) in [5, 5.41) is 2.28. The molecular formula is C32H27NO2S. The molecule has 0 fully saturated rings. The summed E-state index contributed by atoms with van der Waals surface area (Å²) in [5.74, 6) is 0. The van der Waals surface area contributed by atoms with Crippen LogP contribution in [0.1, 0.15) is 22.3 Å². The van der Waals surface area contributed by atoms with Crippen LogP contribution in [0.4, 0.5) is 0 Å². The molecule has 0 spiro atoms. The molecule has 0 radical (unpaired) electrons. The standard InChI is InChI=1S/C32H27NO2S/c1-22-13-16-26(17-14-22)36(34,35)33-20-29-28-19-23(2)15-18-27(28)31(24-9-5-3-6-10-24)32(30(29)21-33)25-11-7-4-8-12-25/h3-19H,20-21H2,1-2H3. The van der Waals surface area contributed by atoms with E-state index in [9.17, 15) is 8.42 Å². The highest BCUT2D eigenvalue weighted by Gasteiger charge is 2.35. The molecule has 1 aliphatic heterocycles. The molecule has 178 valence electrons. The lowest BCUT2D eigenvalue weighted by Gasteiger charge is -2.20. The first-order valence-electron chi connectivity index (χ1n) is 12.2. The van der Waals surface area contributed by atoms with Gasteiger partial charge in [0.05, 0.1) is 4.90 Å². The van der Waals surface area contributed by atoms with Crippen LogP contribution in [0.5, 0.6) is 0 Å². The SMILES string of the molecule is Cc1ccc(S(=O)(=O)N2Cc3c(-c4ccccc4)c(-c4ccccc4)c4ccc(C)cc4c3C2)cc1. The van der Waals surface area contributed by atoms with Crippen LogP contribution < -0.4 is 0 Å². The number of hydrogen-bond donors (Lipinski definition) is 0. The second-order valence-corrected chi connectivity index (χ2v) is 11.5. The Labute approximate surface area is 212 Å². The van der Waals surface area contributed by atoms with Gasteiger partial charge in [0.25, 0.3) is 0 Å². The molecule has 0 amide bonds. The first-order chi connectivity index (χ1) is 17.4. The molecular weight excluding hydrogens is 462 g/mol. The fourth-order valence-electron chi connectivity index (χ4n) is 5.35. The van der Waals surface area contributed by atoms with Crippen LogP contribution in [-0.2, 0) is 23.1 Å². The second kappa shape index (κ2) is 8.74. The Kier molecular flexibility index (Phi) is 5.51. The molecule has 0 aliphatic carbocycles. The molecule has 5 aromatic carbocycles. The van der Waals surface area contributed by atoms with Gasteiger partial charge >= 0.3 is 0 Å². The van der Waals surface area contributed by atoms with Crippen LogP contribution in [-0.4, -0.2) is 12.7 Å². The summed E-state index contributed by atoms with van der Waals surface area (Å²) in [4.78, 5) is 0.339. The predicted molar refractivity (Wildman–Crippen MR) is 147 cm³/mol. The van der Waals surface area contributed by atoms with E-state index in [0.29, 0.717) is 18.0 Å². The number of sulfonamides is 1. The van der Waals surface area contributed by atoms with Gasteiger partial charge in [0.2, 0.25) is 10.0 Å². The molecule has 1 aliphatic rings. The van der Waals surface area contributed by atoms with Crippen molar-refractivity contribution in [2.24, 2.45) is 0 Å². The second-order valence-electron chi connectivity index (χ2n) is 9.57. The number of nitrogens with zero attached hydrogens (tertiary/aromatic N) is 1. The first-order valence-corrected chi connectivity index (χ1v) is 13.6. The first kappa shape index (κ1) is 22.7. The highest BCUT2D eigenvalue weighted by Crippen LogP contribution is 2.47. The van der Waals surface area contributed by atoms with E-state index in [1.807, 2.05) is 43.3 Å². The van der Waals surface area contributed by atoms with Crippen molar-refractivity contribution in [2.45, 2.75) is 31.8 Å². The number of fused-ring (bicyclic) bond motifs is 3. The highest BCUT2D eigenvalue weighted by atomic mass is 32.2. The third kappa shape index (κ3) is 3.74. The summed E-state index contributed by atoms with van der Waals surface area (Å²) < 4.78 is 29.1. The van der Waals surface area contributed by atoms with E-state index in [4.69, 9.17) is 0 Å². The molecule has 3 nitrogen and oxygen atoms in total. The van der Waals surface area contributed by atoms with E-state index in [2.05, 4.69) is 61.5 Å². The molecule has 0 atom stereocenters. The van der Waals surface area contributed by atoms with Crippen molar-refractivity contribution in [1.82, 2.24) is 4.31 Å². The summed E-state index contributed by atoms with van der Waals surface area (Å²) in [6, 6.07) is 34.5. The highest BCUT2D eigenvalue weighted by molar-refractivity contribution is 7.89. The largest absolute Gasteiger partial charge is 0.243 e. The van der Waals surface area contributed by atoms with Gasteiger partial charge in [-0.3, -0.25) is 0 Å². The van der Waals surface area contributed by atoms with E-state index in [1.54, 1.807) is 16.4 Å². The van der Waals surface area contributed by atoms with Gasteiger partial charge < -0.3 is 0 Å². The van der Waals surface area contributed by atoms with Gasteiger partial charge in [-0.2, -0.15) is 4.31 Å². The van der Waals surface area contributed by atoms with Gasteiger partial charge in [0.15, 0.2) is 0 Å². The minimum absolute atomic E-state index is 0.339. The maximum absolute atomic E-state index is 13.7. The smallest absolute Gasteiger partial charge is 0.207 e. The molecule has 0 bridgehead atoms. The quantitative estimate of drug-likeness (QED) is 0.262. The Morgan fingerprint density at radius 1 is 0.583 bits per heavy atom. The number of rotatable bonds is 4. The molecule has 6 rings (SSSR count). The van der Waals surface area contributed by atoms with E-state index in [0.717, 1.165) is 55.3 Å². The lowest BCUT2D eigenvalue weighted by molar-refractivity contribution is 0.432. The van der Waals surface area contributed by atoms with Crippen LogP contribution in [0.2, 0.25) is 0 Å². The summed E-state index contributed by atoms with van der Waals surface area (Å²) >= 11 is 0. The Hall–Kier alpha value is -3.73. The predicted octanol–water partition coefficient (Wildman–Crippen LogP) is 7.50. The zero-order valence-electron chi connectivity index (χ0n) is 20.4. The van der Waals surface area contributed by atoms with E-state index in [1.165, 1.54) is 0 Å². The van der Waals surface area contributed by atoms with Crippen LogP contribution in [0.25, 0.3) is 33.0 Å². The van der Waals surface area contributed by atoms with E-state index < -0.39 is 10.0 Å². The van der Waals surface area contributed by atoms with Gasteiger partial charge in [-0.05, 0) is 70.1 Å². The van der Waals surface area contributed by atoms with E-state index in [-0.39, 0.29) is 0 Å². The topological polar surface area (TPSA) is 37.4 Å². The third-order valence-corrected chi connectivity index (χ3v) is 8.94. The summed E-state index contributed by atoms with van der Waals surface area (Å²) in [6.07, 6.45) is 0. The molecule has 36 heavy (non-hydrogen) atoms. The van der Waals surface area contributed by atoms with Gasteiger partial charge in [-0.1, -0.05) is 102 Å². The molecule has 0 aromatic heterocycles. The third-order valence-electron chi connectivity index (χ3n) is 7.14. The van der Waals surface area contributed by atoms with Gasteiger partial charge in [-0.15, -0.1) is 0 Å². The molecule has 0 unspecified atom stereocenters. The summed E-state index contributed by atoms with van der Waals surface area (Å²) in [6.45, 7) is 4.77. The molecule has 1 heterocycles. The van der Waals surface area contributed by atoms with Crippen molar-refractivity contribution in [1.29, 1.82) is 0 Å². The maximum Gasteiger partial charge on any atom is 0.243 e. The average molecular weight is 490 g/mol. The molecule has 5 aromatic rings. The Balaban J connectivity index is 1.64. The molecule has 0 N–H and O–H groups in total. The molecule has 0 saturated carbocycles. The normalized spacial score (nSPS) is 13.7. The van der Waals surface area contributed by atoms with Crippen LogP contribution in [0.3, 0.4) is 0 Å². The summed E-state index contributed by atoms with van der Waals surface area (Å²) in [7, 11) is -3.65. The van der Waals surface area contributed by atoms with Crippen LogP contribution in [0.15, 0.2) is 108 Å². The van der Waals surface area contributed by atoms with Crippen molar-refractivity contribution in [3.63, 3.8) is 0 Å². The minimum atomic E-state index is -3.65. The molecule has 0 saturated heterocycles. The van der Waals surface area contributed by atoms with Crippen molar-refractivity contribution in [3.8, 4) is 22.3 Å². The zero-order chi connectivity index (χ0) is 24.9. The Morgan fingerprint density at radius 2 is 1.14 bits per heavy atom. The fraction of sp³-hybridized carbons (Fsp3) is 0.125. The number of aryl methyl sites for hydroxylation is 2. The molecule has 4 heteroatoms. The van der Waals surface area contributed by atoms with Crippen LogP contribution >= 0.6 is 0 Å². The number of hydrogen-bond acceptors (Lipinski definition) is 2. The lowest BCUT2D eigenvalue weighted by atomic mass is 9.83. The maximum atomic E-state index is 13.7. The minimum Gasteiger partial charge on any atom is -0.207 e. The monoisotopic (exact) mass is 489 g/mol. The van der Waals surface area contributed by atoms with Crippen molar-refractivity contribution in [2.75, 3.05) is 0 Å². The van der Waals surface area contributed by atoms with Gasteiger partial charge in [-0.25, -0.2) is 8.42 Å². The Bertz CT molecular complexity index is 1690. The van der Waals surface area contributed by atoms with E-state index >= 15 is 0 Å².